The summed E-state index contributed by atoms with van der Waals surface area (Å²) in [6.07, 6.45) is 2.02. The van der Waals surface area contributed by atoms with Crippen LogP contribution in [0.2, 0.25) is 10.0 Å². The summed E-state index contributed by atoms with van der Waals surface area (Å²) in [6.45, 7) is 0.296. The van der Waals surface area contributed by atoms with Crippen molar-refractivity contribution in [3.63, 3.8) is 0 Å². The Kier molecular flexibility index (Phi) is 7.70. The molecule has 30 heavy (non-hydrogen) atoms. The van der Waals surface area contributed by atoms with Crippen LogP contribution >= 0.6 is 23.2 Å². The third-order valence-corrected chi connectivity index (χ3v) is 4.49. The highest BCUT2D eigenvalue weighted by Gasteiger charge is 2.11. The van der Waals surface area contributed by atoms with Crippen molar-refractivity contribution in [2.45, 2.75) is 19.3 Å². The summed E-state index contributed by atoms with van der Waals surface area (Å²) in [7, 11) is 0. The Morgan fingerprint density at radius 3 is 2.57 bits per heavy atom. The second-order valence-electron chi connectivity index (χ2n) is 6.31. The highest BCUT2D eigenvalue weighted by molar-refractivity contribution is 6.35. The molecule has 1 aromatic heterocycles. The number of hydrogen-bond donors (Lipinski definition) is 2. The van der Waals surface area contributed by atoms with E-state index in [1.54, 1.807) is 18.2 Å². The number of nitrogens with one attached hydrogen (secondary N) is 2. The fourth-order valence-corrected chi connectivity index (χ4v) is 2.98. The summed E-state index contributed by atoms with van der Waals surface area (Å²) < 4.78 is 10.9. The van der Waals surface area contributed by atoms with E-state index in [1.165, 1.54) is 6.26 Å². The normalized spacial score (nSPS) is 10.5. The Morgan fingerprint density at radius 2 is 1.80 bits per heavy atom. The molecule has 3 rings (SSSR count). The average molecular weight is 448 g/mol. The van der Waals surface area contributed by atoms with Crippen LogP contribution in [-0.2, 0) is 16.0 Å². The van der Waals surface area contributed by atoms with Gasteiger partial charge in [0.25, 0.3) is 0 Å². The quantitative estimate of drug-likeness (QED) is 0.398. The molecule has 0 unspecified atom stereocenters. The first-order chi connectivity index (χ1) is 14.5. The van der Waals surface area contributed by atoms with Crippen LogP contribution in [0.4, 0.5) is 0 Å². The van der Waals surface area contributed by atoms with Gasteiger partial charge in [-0.25, -0.2) is 4.98 Å². The van der Waals surface area contributed by atoms with Gasteiger partial charge in [0, 0.05) is 17.0 Å². The number of carbonyl (C=O) groups excluding carboxylic acids is 2. The van der Waals surface area contributed by atoms with Gasteiger partial charge in [-0.1, -0.05) is 41.4 Å². The Labute approximate surface area is 183 Å². The lowest BCUT2D eigenvalue weighted by molar-refractivity contribution is -0.128. The van der Waals surface area contributed by atoms with Crippen molar-refractivity contribution in [2.24, 2.45) is 0 Å². The molecular formula is C21H19Cl2N3O4. The molecule has 0 atom stereocenters. The van der Waals surface area contributed by atoms with Gasteiger partial charge in [0.05, 0.1) is 23.7 Å². The molecule has 7 nitrogen and oxygen atoms in total. The average Bonchev–Trinajstić information content (AvgIpc) is 3.20. The maximum atomic E-state index is 12.0. The second-order valence-corrected chi connectivity index (χ2v) is 7.15. The predicted octanol–water partition coefficient (Wildman–Crippen LogP) is 4.20. The highest BCUT2D eigenvalue weighted by Crippen LogP contribution is 2.27. The molecule has 0 aliphatic heterocycles. The van der Waals surface area contributed by atoms with E-state index in [-0.39, 0.29) is 18.7 Å². The zero-order valence-corrected chi connectivity index (χ0v) is 17.4. The van der Waals surface area contributed by atoms with E-state index in [2.05, 4.69) is 15.8 Å². The Bertz CT molecular complexity index is 1010. The maximum absolute atomic E-state index is 12.0. The molecule has 0 spiro atoms. The number of oxazole rings is 1. The monoisotopic (exact) mass is 447 g/mol. The van der Waals surface area contributed by atoms with Crippen molar-refractivity contribution in [3.8, 4) is 17.2 Å². The standard InChI is InChI=1S/C21H19Cl2N3O4/c22-15-8-9-18(17(23)11-15)29-10-4-7-19(27)25-26-20(28)12-16-13-30-21(24-16)14-5-2-1-3-6-14/h1-3,5-6,8-9,11,13H,4,7,10,12H2,(H,25,27)(H,26,28). The number of hydrogen-bond acceptors (Lipinski definition) is 5. The van der Waals surface area contributed by atoms with Gasteiger partial charge in [-0.15, -0.1) is 0 Å². The molecule has 0 radical (unpaired) electrons. The third-order valence-electron chi connectivity index (χ3n) is 3.96. The molecule has 0 fully saturated rings. The number of rotatable bonds is 8. The molecule has 2 amide bonds. The van der Waals surface area contributed by atoms with E-state index < -0.39 is 5.91 Å². The zero-order valence-electron chi connectivity index (χ0n) is 15.9. The summed E-state index contributed by atoms with van der Waals surface area (Å²) in [5, 5.41) is 0.923. The van der Waals surface area contributed by atoms with Gasteiger partial charge >= 0.3 is 0 Å². The predicted molar refractivity (Wildman–Crippen MR) is 113 cm³/mol. The number of benzene rings is 2. The minimum Gasteiger partial charge on any atom is -0.492 e. The third kappa shape index (κ3) is 6.50. The molecule has 0 saturated heterocycles. The summed E-state index contributed by atoms with van der Waals surface area (Å²) in [5.41, 5.74) is 6.01. The molecule has 2 aromatic carbocycles. The molecule has 3 aromatic rings. The molecule has 1 heterocycles. The van der Waals surface area contributed by atoms with E-state index in [4.69, 9.17) is 32.4 Å². The Balaban J connectivity index is 1.34. The Morgan fingerprint density at radius 1 is 1.03 bits per heavy atom. The lowest BCUT2D eigenvalue weighted by Gasteiger charge is -2.09. The first-order valence-corrected chi connectivity index (χ1v) is 9.92. The summed E-state index contributed by atoms with van der Waals surface area (Å²) in [4.78, 5) is 28.1. The number of nitrogens with zero attached hydrogens (tertiary/aromatic N) is 1. The first-order valence-electron chi connectivity index (χ1n) is 9.16. The van der Waals surface area contributed by atoms with Crippen molar-refractivity contribution >= 4 is 35.0 Å². The van der Waals surface area contributed by atoms with Crippen LogP contribution in [0, 0.1) is 0 Å². The van der Waals surface area contributed by atoms with Crippen LogP contribution in [0.1, 0.15) is 18.5 Å². The molecule has 156 valence electrons. The second kappa shape index (κ2) is 10.7. The van der Waals surface area contributed by atoms with Crippen LogP contribution < -0.4 is 15.6 Å². The molecule has 0 aliphatic carbocycles. The first kappa shape index (κ1) is 21.7. The zero-order chi connectivity index (χ0) is 21.3. The van der Waals surface area contributed by atoms with E-state index in [9.17, 15) is 9.59 Å². The van der Waals surface area contributed by atoms with Crippen LogP contribution in [0.3, 0.4) is 0 Å². The van der Waals surface area contributed by atoms with Gasteiger partial charge in [0.15, 0.2) is 0 Å². The SMILES string of the molecule is O=C(CCCOc1ccc(Cl)cc1Cl)NNC(=O)Cc1coc(-c2ccccc2)n1. The number of aromatic nitrogens is 1. The topological polar surface area (TPSA) is 93.5 Å². The number of ether oxygens (including phenoxy) is 1. The van der Waals surface area contributed by atoms with Crippen molar-refractivity contribution in [2.75, 3.05) is 6.61 Å². The number of amides is 2. The molecule has 0 aliphatic rings. The lowest BCUT2D eigenvalue weighted by Crippen LogP contribution is -2.42. The molecule has 0 bridgehead atoms. The van der Waals surface area contributed by atoms with E-state index in [0.717, 1.165) is 5.56 Å². The van der Waals surface area contributed by atoms with Gasteiger partial charge in [-0.2, -0.15) is 0 Å². The summed E-state index contributed by atoms with van der Waals surface area (Å²) in [5.74, 6) is 0.195. The van der Waals surface area contributed by atoms with Gasteiger partial charge in [-0.3, -0.25) is 20.4 Å². The van der Waals surface area contributed by atoms with Gasteiger partial charge < -0.3 is 9.15 Å². The fraction of sp³-hybridized carbons (Fsp3) is 0.190. The smallest absolute Gasteiger partial charge is 0.244 e. The van der Waals surface area contributed by atoms with Gasteiger partial charge in [0.2, 0.25) is 17.7 Å². The van der Waals surface area contributed by atoms with Gasteiger partial charge in [-0.05, 0) is 36.8 Å². The fourth-order valence-electron chi connectivity index (χ4n) is 2.52. The number of hydrazine groups is 1. The largest absolute Gasteiger partial charge is 0.492 e. The van der Waals surface area contributed by atoms with Gasteiger partial charge in [0.1, 0.15) is 12.0 Å². The molecular weight excluding hydrogens is 429 g/mol. The minimum atomic E-state index is -0.402. The van der Waals surface area contributed by atoms with Crippen molar-refractivity contribution in [3.05, 3.63) is 70.5 Å². The summed E-state index contributed by atoms with van der Waals surface area (Å²) in [6, 6.07) is 14.3. The van der Waals surface area contributed by atoms with Crippen LogP contribution in [0.5, 0.6) is 5.75 Å². The maximum Gasteiger partial charge on any atom is 0.244 e. The minimum absolute atomic E-state index is 0.0191. The molecule has 0 saturated carbocycles. The Hall–Kier alpha value is -3.03. The van der Waals surface area contributed by atoms with E-state index in [0.29, 0.717) is 40.4 Å². The van der Waals surface area contributed by atoms with Crippen LogP contribution in [0.25, 0.3) is 11.5 Å². The van der Waals surface area contributed by atoms with Crippen LogP contribution in [0.15, 0.2) is 59.2 Å². The van der Waals surface area contributed by atoms with Crippen molar-refractivity contribution in [1.29, 1.82) is 0 Å². The molecule has 2 N–H and O–H groups in total. The molecule has 9 heteroatoms. The number of halogens is 2. The van der Waals surface area contributed by atoms with E-state index in [1.807, 2.05) is 30.3 Å². The summed E-state index contributed by atoms with van der Waals surface area (Å²) >= 11 is 11.8. The van der Waals surface area contributed by atoms with Crippen molar-refractivity contribution in [1.82, 2.24) is 15.8 Å². The highest BCUT2D eigenvalue weighted by atomic mass is 35.5. The van der Waals surface area contributed by atoms with Crippen LogP contribution in [-0.4, -0.2) is 23.4 Å². The van der Waals surface area contributed by atoms with Crippen molar-refractivity contribution < 1.29 is 18.7 Å². The lowest BCUT2D eigenvalue weighted by atomic mass is 10.2. The number of carbonyl (C=O) groups is 2. The van der Waals surface area contributed by atoms with E-state index >= 15 is 0 Å².